The van der Waals surface area contributed by atoms with Crippen LogP contribution in [0.15, 0.2) is 24.3 Å². The number of rotatable bonds is 3. The third kappa shape index (κ3) is 4.02. The number of thioether (sulfide) groups is 1. The summed E-state index contributed by atoms with van der Waals surface area (Å²) in [6.45, 7) is 0.899. The first-order chi connectivity index (χ1) is 8.52. The summed E-state index contributed by atoms with van der Waals surface area (Å²) in [7, 11) is 4.11. The third-order valence-electron chi connectivity index (χ3n) is 3.53. The van der Waals surface area contributed by atoms with E-state index in [9.17, 15) is 5.11 Å². The van der Waals surface area contributed by atoms with Gasteiger partial charge in [0.05, 0.1) is 5.60 Å². The van der Waals surface area contributed by atoms with Crippen LogP contribution < -0.4 is 0 Å². The molecule has 2 rings (SSSR count). The van der Waals surface area contributed by atoms with E-state index in [4.69, 9.17) is 11.6 Å². The molecule has 2 atom stereocenters. The van der Waals surface area contributed by atoms with Gasteiger partial charge in [0.2, 0.25) is 0 Å². The molecule has 19 heavy (non-hydrogen) atoms. The van der Waals surface area contributed by atoms with Crippen LogP contribution in [-0.4, -0.2) is 42.2 Å². The summed E-state index contributed by atoms with van der Waals surface area (Å²) in [5, 5.41) is 11.8. The Hall–Kier alpha value is 0.0700. The van der Waals surface area contributed by atoms with Crippen LogP contribution in [0.5, 0.6) is 0 Å². The first-order valence-corrected chi connectivity index (χ1v) is 7.76. The van der Waals surface area contributed by atoms with E-state index in [0.717, 1.165) is 30.0 Å². The lowest BCUT2D eigenvalue weighted by Gasteiger charge is -2.41. The monoisotopic (exact) mass is 321 g/mol. The highest BCUT2D eigenvalue weighted by Crippen LogP contribution is 2.41. The summed E-state index contributed by atoms with van der Waals surface area (Å²) < 4.78 is 0. The molecule has 0 saturated carbocycles. The van der Waals surface area contributed by atoms with Crippen molar-refractivity contribution in [2.75, 3.05) is 32.1 Å². The molecule has 0 aromatic heterocycles. The summed E-state index contributed by atoms with van der Waals surface area (Å²) in [4.78, 5) is 2.14. The Morgan fingerprint density at radius 2 is 2.21 bits per heavy atom. The minimum Gasteiger partial charge on any atom is -0.385 e. The van der Waals surface area contributed by atoms with Gasteiger partial charge < -0.3 is 10.0 Å². The summed E-state index contributed by atoms with van der Waals surface area (Å²) in [6, 6.07) is 7.67. The zero-order valence-corrected chi connectivity index (χ0v) is 13.7. The molecule has 1 heterocycles. The molecule has 1 saturated heterocycles. The van der Waals surface area contributed by atoms with Gasteiger partial charge in [0.25, 0.3) is 0 Å². The van der Waals surface area contributed by atoms with Crippen molar-refractivity contribution in [2.24, 2.45) is 5.92 Å². The molecule has 1 aliphatic rings. The fourth-order valence-corrected chi connectivity index (χ4v) is 4.06. The first kappa shape index (κ1) is 17.1. The van der Waals surface area contributed by atoms with Crippen LogP contribution in [0.25, 0.3) is 0 Å². The molecular formula is C14H21Cl2NOS. The number of aliphatic hydroxyl groups is 1. The Kier molecular flexibility index (Phi) is 6.48. The molecule has 1 N–H and O–H groups in total. The second-order valence-corrected chi connectivity index (χ2v) is 6.80. The molecule has 1 aromatic rings. The maximum Gasteiger partial charge on any atom is 0.0953 e. The average Bonchev–Trinajstić information content (AvgIpc) is 2.32. The molecule has 0 aliphatic carbocycles. The largest absolute Gasteiger partial charge is 0.385 e. The molecule has 0 amide bonds. The second kappa shape index (κ2) is 7.19. The highest BCUT2D eigenvalue weighted by atomic mass is 35.5. The predicted octanol–water partition coefficient (Wildman–Crippen LogP) is 3.26. The topological polar surface area (TPSA) is 23.5 Å². The van der Waals surface area contributed by atoms with E-state index in [1.54, 1.807) is 0 Å². The summed E-state index contributed by atoms with van der Waals surface area (Å²) >= 11 is 7.98. The van der Waals surface area contributed by atoms with E-state index in [2.05, 4.69) is 19.0 Å². The molecule has 0 bridgehead atoms. The van der Waals surface area contributed by atoms with Gasteiger partial charge in [-0.15, -0.1) is 12.4 Å². The third-order valence-corrected chi connectivity index (χ3v) is 4.90. The van der Waals surface area contributed by atoms with Crippen LogP contribution in [0.3, 0.4) is 0 Å². The van der Waals surface area contributed by atoms with E-state index in [-0.39, 0.29) is 18.3 Å². The maximum atomic E-state index is 11.1. The summed E-state index contributed by atoms with van der Waals surface area (Å²) in [5.74, 6) is 2.26. The highest BCUT2D eigenvalue weighted by Gasteiger charge is 2.40. The van der Waals surface area contributed by atoms with Crippen LogP contribution in [0.4, 0.5) is 0 Å². The van der Waals surface area contributed by atoms with Gasteiger partial charge in [0.1, 0.15) is 0 Å². The van der Waals surface area contributed by atoms with Gasteiger partial charge in [-0.2, -0.15) is 11.8 Å². The van der Waals surface area contributed by atoms with E-state index >= 15 is 0 Å². The molecular weight excluding hydrogens is 301 g/mol. The van der Waals surface area contributed by atoms with Crippen LogP contribution in [0.1, 0.15) is 12.0 Å². The van der Waals surface area contributed by atoms with E-state index < -0.39 is 5.60 Å². The predicted molar refractivity (Wildman–Crippen MR) is 86.6 cm³/mol. The maximum absolute atomic E-state index is 11.1. The Labute approximate surface area is 130 Å². The minimum absolute atomic E-state index is 0. The van der Waals surface area contributed by atoms with Crippen molar-refractivity contribution in [3.8, 4) is 0 Å². The number of benzene rings is 1. The van der Waals surface area contributed by atoms with Gasteiger partial charge in [0, 0.05) is 23.2 Å². The lowest BCUT2D eigenvalue weighted by atomic mass is 9.79. The van der Waals surface area contributed by atoms with Crippen LogP contribution in [-0.2, 0) is 5.60 Å². The average molecular weight is 322 g/mol. The molecule has 0 radical (unpaired) electrons. The van der Waals surface area contributed by atoms with E-state index in [1.807, 2.05) is 36.0 Å². The number of hydrogen-bond acceptors (Lipinski definition) is 3. The van der Waals surface area contributed by atoms with Gasteiger partial charge in [-0.25, -0.2) is 0 Å². The Bertz CT molecular complexity index is 416. The minimum atomic E-state index is -0.736. The van der Waals surface area contributed by atoms with Gasteiger partial charge in [-0.3, -0.25) is 0 Å². The Balaban J connectivity index is 0.00000180. The normalized spacial score (nSPS) is 27.1. The fourth-order valence-electron chi connectivity index (χ4n) is 2.58. The molecule has 0 unspecified atom stereocenters. The SMILES string of the molecule is CN(C)C[C@H]1CSCC[C@@]1(O)c1cccc(Cl)c1.Cl. The summed E-state index contributed by atoms with van der Waals surface area (Å²) in [6.07, 6.45) is 0.802. The van der Waals surface area contributed by atoms with Gasteiger partial charge in [0.15, 0.2) is 0 Å². The van der Waals surface area contributed by atoms with Crippen molar-refractivity contribution in [3.05, 3.63) is 34.9 Å². The van der Waals surface area contributed by atoms with Gasteiger partial charge in [-0.1, -0.05) is 23.7 Å². The number of hydrogen-bond donors (Lipinski definition) is 1. The zero-order valence-electron chi connectivity index (χ0n) is 11.3. The van der Waals surface area contributed by atoms with Crippen molar-refractivity contribution in [2.45, 2.75) is 12.0 Å². The van der Waals surface area contributed by atoms with Crippen molar-refractivity contribution in [1.29, 1.82) is 0 Å². The van der Waals surface area contributed by atoms with Crippen molar-refractivity contribution in [3.63, 3.8) is 0 Å². The van der Waals surface area contributed by atoms with Crippen LogP contribution in [0.2, 0.25) is 5.02 Å². The van der Waals surface area contributed by atoms with Crippen LogP contribution in [0, 0.1) is 5.92 Å². The molecule has 5 heteroatoms. The fraction of sp³-hybridized carbons (Fsp3) is 0.571. The number of nitrogens with zero attached hydrogens (tertiary/aromatic N) is 1. The van der Waals surface area contributed by atoms with Crippen molar-refractivity contribution in [1.82, 2.24) is 4.90 Å². The number of halogens is 2. The lowest BCUT2D eigenvalue weighted by molar-refractivity contribution is -0.0293. The quantitative estimate of drug-likeness (QED) is 0.924. The van der Waals surface area contributed by atoms with Crippen molar-refractivity contribution >= 4 is 35.8 Å². The van der Waals surface area contributed by atoms with Gasteiger partial charge in [-0.05, 0) is 44.0 Å². The molecule has 108 valence electrons. The van der Waals surface area contributed by atoms with Crippen molar-refractivity contribution < 1.29 is 5.11 Å². The standard InChI is InChI=1S/C14H20ClNOS.ClH/c1-16(2)9-12-10-18-7-6-14(12,17)11-4-3-5-13(15)8-11;/h3-5,8,12,17H,6-7,9-10H2,1-2H3;1H/t12-,14+;/m0./s1. The van der Waals surface area contributed by atoms with E-state index in [1.165, 1.54) is 0 Å². The Morgan fingerprint density at radius 1 is 1.47 bits per heavy atom. The molecule has 0 spiro atoms. The highest BCUT2D eigenvalue weighted by molar-refractivity contribution is 7.99. The molecule has 1 fully saturated rings. The molecule has 1 aromatic carbocycles. The second-order valence-electron chi connectivity index (χ2n) is 5.22. The molecule has 2 nitrogen and oxygen atoms in total. The first-order valence-electron chi connectivity index (χ1n) is 6.23. The zero-order chi connectivity index (χ0) is 13.2. The Morgan fingerprint density at radius 3 is 2.84 bits per heavy atom. The molecule has 1 aliphatic heterocycles. The lowest BCUT2D eigenvalue weighted by Crippen LogP contribution is -2.45. The van der Waals surface area contributed by atoms with Gasteiger partial charge >= 0.3 is 0 Å². The van der Waals surface area contributed by atoms with E-state index in [0.29, 0.717) is 5.02 Å². The summed E-state index contributed by atoms with van der Waals surface area (Å²) in [5.41, 5.74) is 0.225. The van der Waals surface area contributed by atoms with Crippen LogP contribution >= 0.6 is 35.8 Å². The smallest absolute Gasteiger partial charge is 0.0953 e.